The van der Waals surface area contributed by atoms with Crippen LogP contribution in [0, 0.1) is 24.1 Å². The highest BCUT2D eigenvalue weighted by atomic mass is 19.1. The third-order valence-corrected chi connectivity index (χ3v) is 2.33. The number of rotatable bonds is 5. The van der Waals surface area contributed by atoms with Crippen LogP contribution in [-0.4, -0.2) is 19.1 Å². The van der Waals surface area contributed by atoms with Crippen LogP contribution in [0.1, 0.15) is 24.5 Å². The highest BCUT2D eigenvalue weighted by molar-refractivity contribution is 5.92. The van der Waals surface area contributed by atoms with Crippen molar-refractivity contribution in [3.63, 3.8) is 0 Å². The Morgan fingerprint density at radius 2 is 2.28 bits per heavy atom. The Morgan fingerprint density at radius 1 is 1.56 bits per heavy atom. The summed E-state index contributed by atoms with van der Waals surface area (Å²) in [4.78, 5) is 11.5. The zero-order valence-electron chi connectivity index (χ0n) is 10.4. The SMILES string of the molecule is CCCOCC(=O)Nc1cc(C#N)cc(F)c1C. The number of halogens is 1. The summed E-state index contributed by atoms with van der Waals surface area (Å²) in [6.45, 7) is 3.90. The minimum atomic E-state index is -0.515. The molecule has 0 saturated carbocycles. The first-order chi connectivity index (χ1) is 8.58. The van der Waals surface area contributed by atoms with Gasteiger partial charge in [-0.05, 0) is 25.5 Å². The first-order valence-electron chi connectivity index (χ1n) is 5.66. The van der Waals surface area contributed by atoms with Gasteiger partial charge in [-0.2, -0.15) is 5.26 Å². The third kappa shape index (κ3) is 3.82. The van der Waals surface area contributed by atoms with E-state index in [1.807, 2.05) is 13.0 Å². The smallest absolute Gasteiger partial charge is 0.250 e. The van der Waals surface area contributed by atoms with E-state index in [4.69, 9.17) is 10.00 Å². The first kappa shape index (κ1) is 14.1. The number of carbonyl (C=O) groups is 1. The highest BCUT2D eigenvalue weighted by Crippen LogP contribution is 2.20. The van der Waals surface area contributed by atoms with Crippen molar-refractivity contribution in [1.82, 2.24) is 0 Å². The lowest BCUT2D eigenvalue weighted by Crippen LogP contribution is -2.19. The van der Waals surface area contributed by atoms with E-state index in [-0.39, 0.29) is 18.1 Å². The van der Waals surface area contributed by atoms with Crippen LogP contribution in [-0.2, 0) is 9.53 Å². The lowest BCUT2D eigenvalue weighted by molar-refractivity contribution is -0.120. The molecule has 0 bridgehead atoms. The monoisotopic (exact) mass is 250 g/mol. The number of carbonyl (C=O) groups excluding carboxylic acids is 1. The largest absolute Gasteiger partial charge is 0.372 e. The second-order valence-corrected chi connectivity index (χ2v) is 3.84. The average Bonchev–Trinajstić information content (AvgIpc) is 2.35. The molecule has 0 fully saturated rings. The minimum Gasteiger partial charge on any atom is -0.372 e. The van der Waals surface area contributed by atoms with Crippen molar-refractivity contribution in [2.45, 2.75) is 20.3 Å². The second kappa shape index (κ2) is 6.72. The minimum absolute atomic E-state index is 0.0777. The molecule has 1 N–H and O–H groups in total. The van der Waals surface area contributed by atoms with E-state index >= 15 is 0 Å². The van der Waals surface area contributed by atoms with Gasteiger partial charge >= 0.3 is 0 Å². The maximum atomic E-state index is 13.5. The number of hydrogen-bond acceptors (Lipinski definition) is 3. The van der Waals surface area contributed by atoms with Gasteiger partial charge < -0.3 is 10.1 Å². The molecule has 1 rings (SSSR count). The molecule has 1 aromatic carbocycles. The molecule has 0 saturated heterocycles. The average molecular weight is 250 g/mol. The Balaban J connectivity index is 2.75. The Labute approximate surface area is 105 Å². The van der Waals surface area contributed by atoms with Crippen molar-refractivity contribution in [1.29, 1.82) is 5.26 Å². The van der Waals surface area contributed by atoms with Crippen LogP contribution in [0.4, 0.5) is 10.1 Å². The summed E-state index contributed by atoms with van der Waals surface area (Å²) in [5.41, 5.74) is 0.775. The molecule has 0 aliphatic rings. The Kier molecular flexibility index (Phi) is 5.28. The molecule has 0 aromatic heterocycles. The lowest BCUT2D eigenvalue weighted by atomic mass is 10.1. The fraction of sp³-hybridized carbons (Fsp3) is 0.385. The van der Waals surface area contributed by atoms with E-state index in [1.165, 1.54) is 6.07 Å². The van der Waals surface area contributed by atoms with Crippen molar-refractivity contribution >= 4 is 11.6 Å². The predicted octanol–water partition coefficient (Wildman–Crippen LogP) is 2.37. The second-order valence-electron chi connectivity index (χ2n) is 3.84. The summed E-state index contributed by atoms with van der Waals surface area (Å²) in [5.74, 6) is -0.875. The van der Waals surface area contributed by atoms with E-state index in [1.54, 1.807) is 6.92 Å². The molecule has 4 nitrogen and oxygen atoms in total. The van der Waals surface area contributed by atoms with Gasteiger partial charge in [-0.1, -0.05) is 6.92 Å². The van der Waals surface area contributed by atoms with Crippen LogP contribution in [0.2, 0.25) is 0 Å². The maximum Gasteiger partial charge on any atom is 0.250 e. The number of hydrogen-bond donors (Lipinski definition) is 1. The molecule has 1 aromatic rings. The molecule has 5 heteroatoms. The van der Waals surface area contributed by atoms with Gasteiger partial charge in [0.1, 0.15) is 12.4 Å². The molecule has 0 aliphatic heterocycles. The number of benzene rings is 1. The molecule has 0 atom stereocenters. The zero-order chi connectivity index (χ0) is 13.5. The summed E-state index contributed by atoms with van der Waals surface area (Å²) in [6, 6.07) is 4.42. The number of nitrogens with zero attached hydrogens (tertiary/aromatic N) is 1. The Morgan fingerprint density at radius 3 is 2.89 bits per heavy atom. The third-order valence-electron chi connectivity index (χ3n) is 2.33. The Bertz CT molecular complexity index is 481. The lowest BCUT2D eigenvalue weighted by Gasteiger charge is -2.09. The van der Waals surface area contributed by atoms with Crippen LogP contribution < -0.4 is 5.32 Å². The van der Waals surface area contributed by atoms with Gasteiger partial charge in [-0.25, -0.2) is 4.39 Å². The summed E-state index contributed by atoms with van der Waals surface area (Å²) in [7, 11) is 0. The number of amides is 1. The quantitative estimate of drug-likeness (QED) is 0.816. The highest BCUT2D eigenvalue weighted by Gasteiger charge is 2.10. The van der Waals surface area contributed by atoms with Crippen molar-refractivity contribution in [3.8, 4) is 6.07 Å². The van der Waals surface area contributed by atoms with Crippen molar-refractivity contribution in [3.05, 3.63) is 29.1 Å². The van der Waals surface area contributed by atoms with Gasteiger partial charge in [-0.15, -0.1) is 0 Å². The molecule has 0 unspecified atom stereocenters. The van der Waals surface area contributed by atoms with E-state index in [0.717, 1.165) is 12.5 Å². The van der Waals surface area contributed by atoms with Gasteiger partial charge in [-0.3, -0.25) is 4.79 Å². The molecular weight excluding hydrogens is 235 g/mol. The predicted molar refractivity (Wildman–Crippen MR) is 65.6 cm³/mol. The number of anilines is 1. The van der Waals surface area contributed by atoms with Crippen LogP contribution in [0.5, 0.6) is 0 Å². The van der Waals surface area contributed by atoms with Crippen LogP contribution in [0.25, 0.3) is 0 Å². The van der Waals surface area contributed by atoms with Gasteiger partial charge in [0.25, 0.3) is 0 Å². The molecule has 0 radical (unpaired) electrons. The molecule has 0 aliphatic carbocycles. The van der Waals surface area contributed by atoms with Crippen molar-refractivity contribution in [2.75, 3.05) is 18.5 Å². The van der Waals surface area contributed by atoms with Crippen LogP contribution >= 0.6 is 0 Å². The molecular formula is C13H15FN2O2. The van der Waals surface area contributed by atoms with Gasteiger partial charge in [0.05, 0.1) is 11.6 Å². The van der Waals surface area contributed by atoms with E-state index in [2.05, 4.69) is 5.32 Å². The summed E-state index contributed by atoms with van der Waals surface area (Å²) in [6.07, 6.45) is 0.824. The van der Waals surface area contributed by atoms with Crippen LogP contribution in [0.3, 0.4) is 0 Å². The summed E-state index contributed by atoms with van der Waals surface area (Å²) in [5, 5.41) is 11.3. The molecule has 96 valence electrons. The molecule has 0 spiro atoms. The van der Waals surface area contributed by atoms with Crippen molar-refractivity contribution in [2.24, 2.45) is 0 Å². The maximum absolute atomic E-state index is 13.5. The van der Waals surface area contributed by atoms with E-state index in [9.17, 15) is 9.18 Å². The summed E-state index contributed by atoms with van der Waals surface area (Å²) < 4.78 is 18.5. The van der Waals surface area contributed by atoms with E-state index in [0.29, 0.717) is 17.9 Å². The standard InChI is InChI=1S/C13H15FN2O2/c1-3-4-18-8-13(17)16-12-6-10(7-15)5-11(14)9(12)2/h5-6H,3-4,8H2,1-2H3,(H,16,17). The molecule has 0 heterocycles. The number of nitrogens with one attached hydrogen (secondary N) is 1. The number of ether oxygens (including phenoxy) is 1. The zero-order valence-corrected chi connectivity index (χ0v) is 10.4. The molecule has 1 amide bonds. The van der Waals surface area contributed by atoms with Crippen molar-refractivity contribution < 1.29 is 13.9 Å². The fourth-order valence-electron chi connectivity index (χ4n) is 1.37. The Hall–Kier alpha value is -1.93. The first-order valence-corrected chi connectivity index (χ1v) is 5.66. The normalized spacial score (nSPS) is 9.89. The van der Waals surface area contributed by atoms with Gasteiger partial charge in [0.2, 0.25) is 5.91 Å². The fourth-order valence-corrected chi connectivity index (χ4v) is 1.37. The molecule has 18 heavy (non-hydrogen) atoms. The van der Waals surface area contributed by atoms with Crippen LogP contribution in [0.15, 0.2) is 12.1 Å². The van der Waals surface area contributed by atoms with Gasteiger partial charge in [0, 0.05) is 17.9 Å². The van der Waals surface area contributed by atoms with E-state index < -0.39 is 5.82 Å². The van der Waals surface area contributed by atoms with Gasteiger partial charge in [0.15, 0.2) is 0 Å². The summed E-state index contributed by atoms with van der Waals surface area (Å²) >= 11 is 0. The number of nitriles is 1. The topological polar surface area (TPSA) is 62.1 Å².